The van der Waals surface area contributed by atoms with Crippen LogP contribution in [0.5, 0.6) is 11.5 Å². The van der Waals surface area contributed by atoms with Gasteiger partial charge in [0.05, 0.1) is 24.7 Å². The van der Waals surface area contributed by atoms with Crippen LogP contribution in [-0.4, -0.2) is 20.1 Å². The SMILES string of the molecule is COc1ccc(C2(C(=O)Nc3ccc(OC)c(Cl)c3)CCCCC2)cc1. The van der Waals surface area contributed by atoms with Crippen molar-refractivity contribution in [1.29, 1.82) is 0 Å². The molecule has 4 nitrogen and oxygen atoms in total. The van der Waals surface area contributed by atoms with E-state index in [4.69, 9.17) is 21.1 Å². The van der Waals surface area contributed by atoms with Gasteiger partial charge in [0.25, 0.3) is 0 Å². The minimum absolute atomic E-state index is 0.0172. The van der Waals surface area contributed by atoms with Crippen LogP contribution in [0.2, 0.25) is 5.02 Å². The van der Waals surface area contributed by atoms with Crippen molar-refractivity contribution in [3.63, 3.8) is 0 Å². The largest absolute Gasteiger partial charge is 0.497 e. The van der Waals surface area contributed by atoms with Gasteiger partial charge in [-0.3, -0.25) is 4.79 Å². The van der Waals surface area contributed by atoms with Gasteiger partial charge in [-0.1, -0.05) is 43.0 Å². The van der Waals surface area contributed by atoms with Gasteiger partial charge in [-0.2, -0.15) is 0 Å². The summed E-state index contributed by atoms with van der Waals surface area (Å²) < 4.78 is 10.4. The minimum Gasteiger partial charge on any atom is -0.497 e. The van der Waals surface area contributed by atoms with Crippen molar-refractivity contribution in [1.82, 2.24) is 0 Å². The minimum atomic E-state index is -0.517. The van der Waals surface area contributed by atoms with Crippen LogP contribution in [0.1, 0.15) is 37.7 Å². The maximum Gasteiger partial charge on any atom is 0.235 e. The molecule has 1 amide bonds. The molecule has 138 valence electrons. The average molecular weight is 374 g/mol. The molecule has 1 aliphatic rings. The first kappa shape index (κ1) is 18.6. The van der Waals surface area contributed by atoms with Gasteiger partial charge in [-0.25, -0.2) is 0 Å². The smallest absolute Gasteiger partial charge is 0.235 e. The second-order valence-corrected chi connectivity index (χ2v) is 7.08. The Hall–Kier alpha value is -2.20. The predicted octanol–water partition coefficient (Wildman–Crippen LogP) is 5.20. The number of anilines is 1. The first-order valence-electron chi connectivity index (χ1n) is 8.88. The Balaban J connectivity index is 1.89. The Kier molecular flexibility index (Phi) is 5.72. The van der Waals surface area contributed by atoms with E-state index >= 15 is 0 Å². The first-order valence-corrected chi connectivity index (χ1v) is 9.26. The van der Waals surface area contributed by atoms with Gasteiger partial charge >= 0.3 is 0 Å². The zero-order chi connectivity index (χ0) is 18.6. The molecule has 2 aromatic carbocycles. The van der Waals surface area contributed by atoms with Crippen molar-refractivity contribution in [2.24, 2.45) is 0 Å². The Morgan fingerprint density at radius 1 is 1.00 bits per heavy atom. The van der Waals surface area contributed by atoms with Gasteiger partial charge in [0.2, 0.25) is 5.91 Å². The molecule has 1 N–H and O–H groups in total. The third-order valence-corrected chi connectivity index (χ3v) is 5.49. The molecule has 0 saturated heterocycles. The van der Waals surface area contributed by atoms with E-state index in [9.17, 15) is 4.79 Å². The van der Waals surface area contributed by atoms with Crippen molar-refractivity contribution in [2.45, 2.75) is 37.5 Å². The van der Waals surface area contributed by atoms with Crippen LogP contribution in [0, 0.1) is 0 Å². The highest BCUT2D eigenvalue weighted by Gasteiger charge is 2.41. The van der Waals surface area contributed by atoms with Gasteiger partial charge in [0, 0.05) is 5.69 Å². The summed E-state index contributed by atoms with van der Waals surface area (Å²) in [4.78, 5) is 13.3. The van der Waals surface area contributed by atoms with E-state index in [2.05, 4.69) is 5.32 Å². The molecule has 1 aliphatic carbocycles. The molecule has 1 fully saturated rings. The van der Waals surface area contributed by atoms with E-state index in [-0.39, 0.29) is 5.91 Å². The lowest BCUT2D eigenvalue weighted by Gasteiger charge is -2.36. The van der Waals surface area contributed by atoms with Crippen LogP contribution in [0.4, 0.5) is 5.69 Å². The topological polar surface area (TPSA) is 47.6 Å². The molecule has 3 rings (SSSR count). The standard InChI is InChI=1S/C21H24ClNO3/c1-25-17-9-6-15(7-10-17)21(12-4-3-5-13-21)20(24)23-16-8-11-19(26-2)18(22)14-16/h6-11,14H,3-5,12-13H2,1-2H3,(H,23,24). The molecule has 26 heavy (non-hydrogen) atoms. The number of hydrogen-bond donors (Lipinski definition) is 1. The summed E-state index contributed by atoms with van der Waals surface area (Å²) >= 11 is 6.19. The van der Waals surface area contributed by atoms with Crippen LogP contribution >= 0.6 is 11.6 Å². The number of benzene rings is 2. The number of carbonyl (C=O) groups excluding carboxylic acids is 1. The number of nitrogens with one attached hydrogen (secondary N) is 1. The second-order valence-electron chi connectivity index (χ2n) is 6.67. The van der Waals surface area contributed by atoms with Crippen LogP contribution < -0.4 is 14.8 Å². The van der Waals surface area contributed by atoms with E-state index in [1.165, 1.54) is 6.42 Å². The van der Waals surface area contributed by atoms with Crippen LogP contribution in [0.3, 0.4) is 0 Å². The summed E-state index contributed by atoms with van der Waals surface area (Å²) in [5, 5.41) is 3.54. The molecule has 0 radical (unpaired) electrons. The number of ether oxygens (including phenoxy) is 2. The number of hydrogen-bond acceptors (Lipinski definition) is 3. The average Bonchev–Trinajstić information content (AvgIpc) is 2.68. The highest BCUT2D eigenvalue weighted by atomic mass is 35.5. The molecule has 0 spiro atoms. The summed E-state index contributed by atoms with van der Waals surface area (Å²) in [5.74, 6) is 1.40. The fourth-order valence-electron chi connectivity index (χ4n) is 3.71. The molecule has 0 aromatic heterocycles. The Labute approximate surface area is 159 Å². The number of rotatable bonds is 5. The highest BCUT2D eigenvalue weighted by molar-refractivity contribution is 6.32. The summed E-state index contributed by atoms with van der Waals surface area (Å²) in [6.07, 6.45) is 4.94. The Bertz CT molecular complexity index is 767. The van der Waals surface area contributed by atoms with Crippen molar-refractivity contribution in [2.75, 3.05) is 19.5 Å². The van der Waals surface area contributed by atoms with Gasteiger partial charge in [0.15, 0.2) is 0 Å². The van der Waals surface area contributed by atoms with Crippen LogP contribution in [0.15, 0.2) is 42.5 Å². The fraction of sp³-hybridized carbons (Fsp3) is 0.381. The third kappa shape index (κ3) is 3.65. The number of amides is 1. The van der Waals surface area contributed by atoms with Crippen LogP contribution in [0.25, 0.3) is 0 Å². The maximum atomic E-state index is 13.3. The second kappa shape index (κ2) is 8.00. The van der Waals surface area contributed by atoms with Crippen molar-refractivity contribution >= 4 is 23.2 Å². The Morgan fingerprint density at radius 3 is 2.27 bits per heavy atom. The van der Waals surface area contributed by atoms with E-state index in [1.807, 2.05) is 30.3 Å². The fourth-order valence-corrected chi connectivity index (χ4v) is 3.96. The number of methoxy groups -OCH3 is 2. The van der Waals surface area contributed by atoms with E-state index in [0.29, 0.717) is 16.5 Å². The van der Waals surface area contributed by atoms with Crippen LogP contribution in [-0.2, 0) is 10.2 Å². The quantitative estimate of drug-likeness (QED) is 0.783. The van der Waals surface area contributed by atoms with Gasteiger partial charge < -0.3 is 14.8 Å². The van der Waals surface area contributed by atoms with Crippen molar-refractivity contribution in [3.05, 3.63) is 53.1 Å². The number of carbonyl (C=O) groups is 1. The lowest BCUT2D eigenvalue weighted by atomic mass is 9.68. The Morgan fingerprint density at radius 2 is 1.69 bits per heavy atom. The van der Waals surface area contributed by atoms with E-state index in [0.717, 1.165) is 37.0 Å². The normalized spacial score (nSPS) is 16.0. The molecule has 0 aliphatic heterocycles. The first-order chi connectivity index (χ1) is 12.6. The van der Waals surface area contributed by atoms with Gasteiger partial charge in [-0.05, 0) is 48.7 Å². The summed E-state index contributed by atoms with van der Waals surface area (Å²) in [5.41, 5.74) is 1.20. The lowest BCUT2D eigenvalue weighted by molar-refractivity contribution is -0.122. The van der Waals surface area contributed by atoms with E-state index in [1.54, 1.807) is 26.4 Å². The molecule has 0 heterocycles. The zero-order valence-corrected chi connectivity index (χ0v) is 15.9. The molecular formula is C21H24ClNO3. The molecule has 0 bridgehead atoms. The molecule has 0 atom stereocenters. The number of halogens is 1. The molecular weight excluding hydrogens is 350 g/mol. The molecule has 0 unspecified atom stereocenters. The van der Waals surface area contributed by atoms with Crippen molar-refractivity contribution < 1.29 is 14.3 Å². The predicted molar refractivity (Wildman–Crippen MR) is 104 cm³/mol. The monoisotopic (exact) mass is 373 g/mol. The third-order valence-electron chi connectivity index (χ3n) is 5.19. The van der Waals surface area contributed by atoms with E-state index < -0.39 is 5.41 Å². The van der Waals surface area contributed by atoms with Gasteiger partial charge in [0.1, 0.15) is 11.5 Å². The lowest BCUT2D eigenvalue weighted by Crippen LogP contribution is -2.42. The highest BCUT2D eigenvalue weighted by Crippen LogP contribution is 2.41. The summed E-state index contributed by atoms with van der Waals surface area (Å²) in [7, 11) is 3.21. The molecule has 1 saturated carbocycles. The molecule has 5 heteroatoms. The summed E-state index contributed by atoms with van der Waals surface area (Å²) in [6.45, 7) is 0. The summed E-state index contributed by atoms with van der Waals surface area (Å²) in [6, 6.07) is 13.1. The van der Waals surface area contributed by atoms with Crippen molar-refractivity contribution in [3.8, 4) is 11.5 Å². The zero-order valence-electron chi connectivity index (χ0n) is 15.2. The maximum absolute atomic E-state index is 13.3. The van der Waals surface area contributed by atoms with Gasteiger partial charge in [-0.15, -0.1) is 0 Å². The molecule has 2 aromatic rings.